The molecule has 0 spiro atoms. The van der Waals surface area contributed by atoms with Crippen molar-refractivity contribution in [2.24, 2.45) is 0 Å². The molecule has 1 rings (SSSR count). The van der Waals surface area contributed by atoms with Crippen molar-refractivity contribution in [3.63, 3.8) is 0 Å². The first-order chi connectivity index (χ1) is 9.33. The number of rotatable bonds is 10. The maximum atomic E-state index is 11.4. The first-order valence-electron chi connectivity index (χ1n) is 6.68. The molecule has 0 heterocycles. The molecule has 1 aromatic carbocycles. The van der Waals surface area contributed by atoms with Crippen molar-refractivity contribution >= 4 is 5.97 Å². The van der Waals surface area contributed by atoms with Gasteiger partial charge in [-0.2, -0.15) is 0 Å². The number of hydrogen-bond donors (Lipinski definition) is 0. The molecule has 0 radical (unpaired) electrons. The molecule has 0 amide bonds. The van der Waals surface area contributed by atoms with Gasteiger partial charge in [0, 0.05) is 13.0 Å². The minimum atomic E-state index is -0.183. The molecule has 0 aliphatic rings. The summed E-state index contributed by atoms with van der Waals surface area (Å²) >= 11 is 0. The highest BCUT2D eigenvalue weighted by atomic mass is 16.6. The molecule has 4 heteroatoms. The predicted octanol–water partition coefficient (Wildman–Crippen LogP) is 2.22. The standard InChI is InChI=1S/C15H22O4/c1-2-17-10-11-18-12-13-19-15(16)9-8-14-6-4-3-5-7-14/h3-7H,2,8-13H2,1H3. The molecule has 106 valence electrons. The second kappa shape index (κ2) is 10.5. The Balaban J connectivity index is 1.96. The lowest BCUT2D eigenvalue weighted by molar-refractivity contribution is -0.145. The average Bonchev–Trinajstić information content (AvgIpc) is 2.45. The third-order valence-corrected chi connectivity index (χ3v) is 2.53. The maximum Gasteiger partial charge on any atom is 0.306 e. The van der Waals surface area contributed by atoms with E-state index in [1.807, 2.05) is 37.3 Å². The van der Waals surface area contributed by atoms with Gasteiger partial charge in [-0.25, -0.2) is 0 Å². The molecular formula is C15H22O4. The van der Waals surface area contributed by atoms with Gasteiger partial charge in [-0.1, -0.05) is 30.3 Å². The van der Waals surface area contributed by atoms with Gasteiger partial charge in [0.25, 0.3) is 0 Å². The van der Waals surface area contributed by atoms with Crippen molar-refractivity contribution in [3.05, 3.63) is 35.9 Å². The third kappa shape index (κ3) is 8.35. The molecule has 0 unspecified atom stereocenters. The highest BCUT2D eigenvalue weighted by Crippen LogP contribution is 2.03. The second-order valence-electron chi connectivity index (χ2n) is 4.02. The lowest BCUT2D eigenvalue weighted by Crippen LogP contribution is -2.13. The van der Waals surface area contributed by atoms with Crippen LogP contribution in [0.3, 0.4) is 0 Å². The number of hydrogen-bond acceptors (Lipinski definition) is 4. The Bertz CT molecular complexity index is 337. The highest BCUT2D eigenvalue weighted by molar-refractivity contribution is 5.69. The van der Waals surface area contributed by atoms with Gasteiger partial charge in [0.1, 0.15) is 6.61 Å². The molecule has 0 N–H and O–H groups in total. The van der Waals surface area contributed by atoms with Crippen LogP contribution >= 0.6 is 0 Å². The molecule has 0 saturated heterocycles. The van der Waals surface area contributed by atoms with Gasteiger partial charge in [-0.15, -0.1) is 0 Å². The second-order valence-corrected chi connectivity index (χ2v) is 4.02. The maximum absolute atomic E-state index is 11.4. The number of carbonyl (C=O) groups is 1. The van der Waals surface area contributed by atoms with Gasteiger partial charge < -0.3 is 14.2 Å². The molecule has 4 nitrogen and oxygen atoms in total. The molecule has 0 bridgehead atoms. The van der Waals surface area contributed by atoms with Crippen LogP contribution in [0, 0.1) is 0 Å². The van der Waals surface area contributed by atoms with Crippen LogP contribution in [0.25, 0.3) is 0 Å². The van der Waals surface area contributed by atoms with Crippen LogP contribution in [0.5, 0.6) is 0 Å². The quantitative estimate of drug-likeness (QED) is 0.481. The fraction of sp³-hybridized carbons (Fsp3) is 0.533. The van der Waals surface area contributed by atoms with Crippen LogP contribution in [0.4, 0.5) is 0 Å². The zero-order chi connectivity index (χ0) is 13.8. The largest absolute Gasteiger partial charge is 0.463 e. The van der Waals surface area contributed by atoms with Gasteiger partial charge in [-0.05, 0) is 18.9 Å². The molecule has 0 fully saturated rings. The third-order valence-electron chi connectivity index (χ3n) is 2.53. The monoisotopic (exact) mass is 266 g/mol. The molecule has 0 aliphatic heterocycles. The summed E-state index contributed by atoms with van der Waals surface area (Å²) in [7, 11) is 0. The Kier molecular flexibility index (Phi) is 8.68. The lowest BCUT2D eigenvalue weighted by Gasteiger charge is -2.06. The summed E-state index contributed by atoms with van der Waals surface area (Å²) in [5, 5.41) is 0. The van der Waals surface area contributed by atoms with Gasteiger partial charge in [0.15, 0.2) is 0 Å². The van der Waals surface area contributed by atoms with Crippen molar-refractivity contribution < 1.29 is 19.0 Å². The first-order valence-corrected chi connectivity index (χ1v) is 6.68. The van der Waals surface area contributed by atoms with Crippen LogP contribution < -0.4 is 0 Å². The number of benzene rings is 1. The first kappa shape index (κ1) is 15.7. The van der Waals surface area contributed by atoms with Gasteiger partial charge >= 0.3 is 5.97 Å². The van der Waals surface area contributed by atoms with Crippen LogP contribution in [-0.2, 0) is 25.4 Å². The van der Waals surface area contributed by atoms with Crippen molar-refractivity contribution in [3.8, 4) is 0 Å². The summed E-state index contributed by atoms with van der Waals surface area (Å²) in [5.41, 5.74) is 1.15. The predicted molar refractivity (Wildman–Crippen MR) is 73.0 cm³/mol. The molecule has 0 saturated carbocycles. The van der Waals surface area contributed by atoms with Crippen LogP contribution in [0.15, 0.2) is 30.3 Å². The summed E-state index contributed by atoms with van der Waals surface area (Å²) in [6.45, 7) is 4.48. The van der Waals surface area contributed by atoms with Crippen molar-refractivity contribution in [2.45, 2.75) is 19.8 Å². The van der Waals surface area contributed by atoms with E-state index < -0.39 is 0 Å². The molecule has 0 atom stereocenters. The average molecular weight is 266 g/mol. The fourth-order valence-electron chi connectivity index (χ4n) is 1.54. The minimum absolute atomic E-state index is 0.183. The van der Waals surface area contributed by atoms with E-state index in [2.05, 4.69) is 0 Å². The van der Waals surface area contributed by atoms with Crippen LogP contribution in [0.2, 0.25) is 0 Å². The van der Waals surface area contributed by atoms with Gasteiger partial charge in [-0.3, -0.25) is 4.79 Å². The van der Waals surface area contributed by atoms with Crippen LogP contribution in [0.1, 0.15) is 18.9 Å². The molecular weight excluding hydrogens is 244 g/mol. The van der Waals surface area contributed by atoms with E-state index in [0.717, 1.165) is 5.56 Å². The number of carbonyl (C=O) groups excluding carboxylic acids is 1. The minimum Gasteiger partial charge on any atom is -0.463 e. The SMILES string of the molecule is CCOCCOCCOC(=O)CCc1ccccc1. The molecule has 0 aliphatic carbocycles. The summed E-state index contributed by atoms with van der Waals surface area (Å²) in [4.78, 5) is 11.4. The lowest BCUT2D eigenvalue weighted by atomic mass is 10.1. The zero-order valence-corrected chi connectivity index (χ0v) is 11.5. The summed E-state index contributed by atoms with van der Waals surface area (Å²) in [5.74, 6) is -0.183. The van der Waals surface area contributed by atoms with E-state index in [1.165, 1.54) is 0 Å². The molecule has 19 heavy (non-hydrogen) atoms. The van der Waals surface area contributed by atoms with E-state index in [-0.39, 0.29) is 5.97 Å². The summed E-state index contributed by atoms with van der Waals surface area (Å²) in [6, 6.07) is 9.90. The van der Waals surface area contributed by atoms with Gasteiger partial charge in [0.05, 0.1) is 19.8 Å². The van der Waals surface area contributed by atoms with Gasteiger partial charge in [0.2, 0.25) is 0 Å². The Morgan fingerprint density at radius 3 is 2.42 bits per heavy atom. The Morgan fingerprint density at radius 2 is 1.68 bits per heavy atom. The normalized spacial score (nSPS) is 10.4. The van der Waals surface area contributed by atoms with Crippen molar-refractivity contribution in [1.82, 2.24) is 0 Å². The number of aryl methyl sites for hydroxylation is 1. The Hall–Kier alpha value is -1.39. The Morgan fingerprint density at radius 1 is 1.00 bits per heavy atom. The highest BCUT2D eigenvalue weighted by Gasteiger charge is 2.03. The fourth-order valence-corrected chi connectivity index (χ4v) is 1.54. The number of esters is 1. The summed E-state index contributed by atoms with van der Waals surface area (Å²) < 4.78 is 15.4. The Labute approximate surface area is 114 Å². The van der Waals surface area contributed by atoms with Crippen molar-refractivity contribution in [2.75, 3.05) is 33.0 Å². The van der Waals surface area contributed by atoms with Crippen molar-refractivity contribution in [1.29, 1.82) is 0 Å². The van der Waals surface area contributed by atoms with E-state index in [0.29, 0.717) is 45.9 Å². The molecule has 1 aromatic rings. The smallest absolute Gasteiger partial charge is 0.306 e. The van der Waals surface area contributed by atoms with E-state index in [4.69, 9.17) is 14.2 Å². The van der Waals surface area contributed by atoms with E-state index >= 15 is 0 Å². The summed E-state index contributed by atoms with van der Waals surface area (Å²) in [6.07, 6.45) is 1.12. The number of ether oxygens (including phenoxy) is 3. The topological polar surface area (TPSA) is 44.8 Å². The van der Waals surface area contributed by atoms with E-state index in [9.17, 15) is 4.79 Å². The van der Waals surface area contributed by atoms with E-state index in [1.54, 1.807) is 0 Å². The molecule has 0 aromatic heterocycles. The van der Waals surface area contributed by atoms with Crippen LogP contribution in [-0.4, -0.2) is 39.0 Å². The zero-order valence-electron chi connectivity index (χ0n) is 11.5.